The van der Waals surface area contributed by atoms with Crippen molar-refractivity contribution in [3.63, 3.8) is 0 Å². The van der Waals surface area contributed by atoms with Crippen molar-refractivity contribution < 1.29 is 0 Å². The highest BCUT2D eigenvalue weighted by Gasteiger charge is 2.08. The lowest BCUT2D eigenvalue weighted by Gasteiger charge is -2.06. The summed E-state index contributed by atoms with van der Waals surface area (Å²) in [6, 6.07) is 7.62. The summed E-state index contributed by atoms with van der Waals surface area (Å²) in [7, 11) is 0. The van der Waals surface area contributed by atoms with Gasteiger partial charge in [-0.05, 0) is 13.0 Å². The first-order valence-electron chi connectivity index (χ1n) is 4.88. The van der Waals surface area contributed by atoms with Gasteiger partial charge in [-0.1, -0.05) is 34.1 Å². The minimum atomic E-state index is -0.213. The summed E-state index contributed by atoms with van der Waals surface area (Å²) in [5.74, 6) is 0.549. The molecule has 2 N–H and O–H groups in total. The lowest BCUT2D eigenvalue weighted by Crippen LogP contribution is -2.11. The van der Waals surface area contributed by atoms with Gasteiger partial charge in [-0.15, -0.1) is 5.10 Å². The van der Waals surface area contributed by atoms with E-state index in [1.54, 1.807) is 6.20 Å². The zero-order valence-electron chi connectivity index (χ0n) is 8.76. The van der Waals surface area contributed by atoms with E-state index in [1.165, 1.54) is 0 Å². The second kappa shape index (κ2) is 4.67. The summed E-state index contributed by atoms with van der Waals surface area (Å²) >= 11 is 3.48. The maximum atomic E-state index is 5.72. The van der Waals surface area contributed by atoms with Crippen LogP contribution in [-0.2, 0) is 0 Å². The third-order valence-corrected chi connectivity index (χ3v) is 2.82. The minimum Gasteiger partial charge on any atom is -0.321 e. The van der Waals surface area contributed by atoms with Gasteiger partial charge in [0.05, 0.1) is 17.9 Å². The summed E-state index contributed by atoms with van der Waals surface area (Å²) in [6.07, 6.45) is 1.63. The van der Waals surface area contributed by atoms with Gasteiger partial charge in [0.2, 0.25) is 0 Å². The average molecular weight is 279 g/mol. The number of aromatic nitrogens is 3. The number of halogens is 1. The van der Waals surface area contributed by atoms with Gasteiger partial charge in [0.25, 0.3) is 0 Å². The first kappa shape index (κ1) is 11.2. The lowest BCUT2D eigenvalue weighted by molar-refractivity contribution is 0.709. The fraction of sp³-hybridized carbons (Fsp3) is 0.182. The maximum Gasteiger partial charge on any atom is 0.168 e. The van der Waals surface area contributed by atoms with Crippen LogP contribution >= 0.6 is 15.9 Å². The smallest absolute Gasteiger partial charge is 0.168 e. The molecule has 5 heteroatoms. The summed E-state index contributed by atoms with van der Waals surface area (Å²) in [4.78, 5) is 4.37. The highest BCUT2D eigenvalue weighted by Crippen LogP contribution is 2.25. The molecule has 1 heterocycles. The number of rotatable bonds is 2. The summed E-state index contributed by atoms with van der Waals surface area (Å²) in [5, 5.41) is 7.80. The Balaban J connectivity index is 2.49. The van der Waals surface area contributed by atoms with Gasteiger partial charge in [0, 0.05) is 10.0 Å². The molecule has 0 aliphatic carbocycles. The van der Waals surface area contributed by atoms with E-state index in [2.05, 4.69) is 31.1 Å². The van der Waals surface area contributed by atoms with E-state index in [9.17, 15) is 0 Å². The van der Waals surface area contributed by atoms with Crippen LogP contribution in [0, 0.1) is 0 Å². The van der Waals surface area contributed by atoms with E-state index in [4.69, 9.17) is 5.73 Å². The quantitative estimate of drug-likeness (QED) is 0.916. The molecular weight excluding hydrogens is 268 g/mol. The van der Waals surface area contributed by atoms with Crippen LogP contribution in [0.5, 0.6) is 0 Å². The van der Waals surface area contributed by atoms with Gasteiger partial charge in [0.15, 0.2) is 5.82 Å². The monoisotopic (exact) mass is 278 g/mol. The van der Waals surface area contributed by atoms with Gasteiger partial charge >= 0.3 is 0 Å². The molecule has 0 radical (unpaired) electrons. The van der Waals surface area contributed by atoms with Crippen LogP contribution in [0.15, 0.2) is 34.9 Å². The molecule has 0 fully saturated rings. The molecule has 2 rings (SSSR count). The largest absolute Gasteiger partial charge is 0.321 e. The fourth-order valence-corrected chi connectivity index (χ4v) is 1.80. The fourth-order valence-electron chi connectivity index (χ4n) is 1.31. The molecule has 1 atom stereocenters. The molecule has 0 saturated heterocycles. The summed E-state index contributed by atoms with van der Waals surface area (Å²) in [5.41, 5.74) is 7.48. The molecule has 4 nitrogen and oxygen atoms in total. The van der Waals surface area contributed by atoms with Crippen molar-refractivity contribution in [2.24, 2.45) is 5.73 Å². The number of hydrogen-bond acceptors (Lipinski definition) is 4. The molecule has 0 aliphatic rings. The average Bonchev–Trinajstić information content (AvgIpc) is 2.30. The van der Waals surface area contributed by atoms with Crippen molar-refractivity contribution in [3.8, 4) is 11.3 Å². The van der Waals surface area contributed by atoms with E-state index in [0.29, 0.717) is 5.82 Å². The van der Waals surface area contributed by atoms with Crippen molar-refractivity contribution in [3.05, 3.63) is 40.8 Å². The van der Waals surface area contributed by atoms with Crippen LogP contribution in [0.1, 0.15) is 18.8 Å². The number of nitrogens with two attached hydrogens (primary N) is 1. The number of nitrogens with zero attached hydrogens (tertiary/aromatic N) is 3. The van der Waals surface area contributed by atoms with Crippen LogP contribution in [-0.4, -0.2) is 15.2 Å². The Bertz CT molecular complexity index is 499. The maximum absolute atomic E-state index is 5.72. The van der Waals surface area contributed by atoms with Gasteiger partial charge in [-0.25, -0.2) is 4.98 Å². The van der Waals surface area contributed by atoms with Crippen molar-refractivity contribution in [1.29, 1.82) is 0 Å². The molecule has 1 aromatic heterocycles. The third kappa shape index (κ3) is 2.25. The van der Waals surface area contributed by atoms with Crippen LogP contribution in [0.3, 0.4) is 0 Å². The second-order valence-electron chi connectivity index (χ2n) is 3.47. The molecule has 16 heavy (non-hydrogen) atoms. The van der Waals surface area contributed by atoms with Crippen LogP contribution in [0.2, 0.25) is 0 Å². The van der Waals surface area contributed by atoms with Crippen molar-refractivity contribution in [1.82, 2.24) is 15.2 Å². The second-order valence-corrected chi connectivity index (χ2v) is 4.32. The SMILES string of the molecule is CC(N)c1nncc(-c2ccccc2Br)n1. The van der Waals surface area contributed by atoms with Gasteiger partial charge in [-0.3, -0.25) is 0 Å². The Morgan fingerprint density at radius 3 is 2.75 bits per heavy atom. The standard InChI is InChI=1S/C11H11BrN4/c1-7(13)11-15-10(6-14-16-11)8-4-2-3-5-9(8)12/h2-7H,13H2,1H3. The van der Waals surface area contributed by atoms with E-state index in [1.807, 2.05) is 31.2 Å². The Hall–Kier alpha value is -1.33. The predicted molar refractivity (Wildman–Crippen MR) is 65.6 cm³/mol. The highest BCUT2D eigenvalue weighted by molar-refractivity contribution is 9.10. The van der Waals surface area contributed by atoms with E-state index in [-0.39, 0.29) is 6.04 Å². The van der Waals surface area contributed by atoms with Crippen LogP contribution in [0.25, 0.3) is 11.3 Å². The Kier molecular flexibility index (Phi) is 3.26. The summed E-state index contributed by atoms with van der Waals surface area (Å²) in [6.45, 7) is 1.83. The van der Waals surface area contributed by atoms with Gasteiger partial charge < -0.3 is 5.73 Å². The van der Waals surface area contributed by atoms with E-state index >= 15 is 0 Å². The Labute approximate surface area is 102 Å². The zero-order chi connectivity index (χ0) is 11.5. The van der Waals surface area contributed by atoms with Crippen molar-refractivity contribution >= 4 is 15.9 Å². The normalized spacial score (nSPS) is 12.4. The van der Waals surface area contributed by atoms with Gasteiger partial charge in [0.1, 0.15) is 0 Å². The summed E-state index contributed by atoms with van der Waals surface area (Å²) < 4.78 is 0.978. The lowest BCUT2D eigenvalue weighted by atomic mass is 10.2. The van der Waals surface area contributed by atoms with E-state index in [0.717, 1.165) is 15.7 Å². The Morgan fingerprint density at radius 2 is 2.06 bits per heavy atom. The van der Waals surface area contributed by atoms with E-state index < -0.39 is 0 Å². The molecule has 1 unspecified atom stereocenters. The topological polar surface area (TPSA) is 64.7 Å². The highest BCUT2D eigenvalue weighted by atomic mass is 79.9. The molecule has 0 saturated carbocycles. The third-order valence-electron chi connectivity index (χ3n) is 2.13. The zero-order valence-corrected chi connectivity index (χ0v) is 10.3. The van der Waals surface area contributed by atoms with Gasteiger partial charge in [-0.2, -0.15) is 5.10 Å². The molecule has 0 spiro atoms. The van der Waals surface area contributed by atoms with Crippen molar-refractivity contribution in [2.45, 2.75) is 13.0 Å². The molecule has 0 bridgehead atoms. The molecule has 0 aliphatic heterocycles. The molecule has 1 aromatic carbocycles. The Morgan fingerprint density at radius 1 is 1.31 bits per heavy atom. The van der Waals surface area contributed by atoms with Crippen LogP contribution in [0.4, 0.5) is 0 Å². The predicted octanol–water partition coefficient (Wildman–Crippen LogP) is 2.32. The number of benzene rings is 1. The number of hydrogen-bond donors (Lipinski definition) is 1. The molecule has 2 aromatic rings. The first-order chi connectivity index (χ1) is 7.68. The van der Waals surface area contributed by atoms with Crippen molar-refractivity contribution in [2.75, 3.05) is 0 Å². The van der Waals surface area contributed by atoms with Crippen LogP contribution < -0.4 is 5.73 Å². The molecule has 0 amide bonds. The molecule has 82 valence electrons. The minimum absolute atomic E-state index is 0.213. The first-order valence-corrected chi connectivity index (χ1v) is 5.68. The molecular formula is C11H11BrN4.